The van der Waals surface area contributed by atoms with Crippen LogP contribution in [-0.2, 0) is 26.6 Å². The highest BCUT2D eigenvalue weighted by Crippen LogP contribution is 2.38. The number of aromatic nitrogens is 4. The fraction of sp³-hybridized carbons (Fsp3) is 0.640. The van der Waals surface area contributed by atoms with Gasteiger partial charge in [-0.3, -0.25) is 0 Å². The van der Waals surface area contributed by atoms with Crippen molar-refractivity contribution in [2.75, 3.05) is 46.5 Å². The molecule has 0 bridgehead atoms. The fourth-order valence-corrected chi connectivity index (χ4v) is 3.68. The summed E-state index contributed by atoms with van der Waals surface area (Å²) in [6.07, 6.45) is -10.3. The Hall–Kier alpha value is -3.47. The van der Waals surface area contributed by atoms with Gasteiger partial charge in [-0.1, -0.05) is 4.80 Å². The summed E-state index contributed by atoms with van der Waals surface area (Å²) in [6, 6.07) is 0.0442. The lowest BCUT2D eigenvalue weighted by Crippen LogP contribution is -2.52. The third-order valence-electron chi connectivity index (χ3n) is 6.53. The van der Waals surface area contributed by atoms with Crippen molar-refractivity contribution in [3.8, 4) is 11.4 Å². The number of rotatable bonds is 8. The van der Waals surface area contributed by atoms with Gasteiger partial charge in [-0.2, -0.15) is 26.3 Å². The molecule has 3 rings (SSSR count). The van der Waals surface area contributed by atoms with E-state index in [9.17, 15) is 35.9 Å². The van der Waals surface area contributed by atoms with E-state index in [2.05, 4.69) is 15.4 Å². The van der Waals surface area contributed by atoms with Crippen LogP contribution in [0.3, 0.4) is 0 Å². The zero-order valence-electron chi connectivity index (χ0n) is 23.7. The Bertz CT molecular complexity index is 1220. The normalized spacial score (nSPS) is 15.2. The van der Waals surface area contributed by atoms with Crippen LogP contribution in [0.25, 0.3) is 11.4 Å². The van der Waals surface area contributed by atoms with Gasteiger partial charge in [0, 0.05) is 45.3 Å². The van der Waals surface area contributed by atoms with Crippen molar-refractivity contribution < 1.29 is 50.1 Å². The van der Waals surface area contributed by atoms with E-state index in [0.717, 1.165) is 0 Å². The summed E-state index contributed by atoms with van der Waals surface area (Å²) in [6.45, 7) is 8.25. The predicted octanol–water partition coefficient (Wildman–Crippen LogP) is 4.71. The van der Waals surface area contributed by atoms with Crippen molar-refractivity contribution in [1.29, 1.82) is 0 Å². The van der Waals surface area contributed by atoms with Crippen molar-refractivity contribution in [3.63, 3.8) is 0 Å². The van der Waals surface area contributed by atoms with Crippen LogP contribution in [0.15, 0.2) is 18.2 Å². The first-order valence-electron chi connectivity index (χ1n) is 12.8. The first-order valence-corrected chi connectivity index (χ1v) is 12.8. The Morgan fingerprint density at radius 3 is 1.93 bits per heavy atom. The first-order chi connectivity index (χ1) is 19.3. The van der Waals surface area contributed by atoms with Crippen LogP contribution in [0.4, 0.5) is 35.9 Å². The van der Waals surface area contributed by atoms with Crippen molar-refractivity contribution >= 4 is 12.1 Å². The third-order valence-corrected chi connectivity index (χ3v) is 6.53. The van der Waals surface area contributed by atoms with Crippen molar-refractivity contribution in [1.82, 2.24) is 30.0 Å². The molecule has 2 amide bonds. The average molecular weight is 611 g/mol. The molecule has 1 aliphatic heterocycles. The number of alkyl halides is 6. The topological polar surface area (TPSA) is 112 Å². The summed E-state index contributed by atoms with van der Waals surface area (Å²) in [5, 5.41) is 10.7. The summed E-state index contributed by atoms with van der Waals surface area (Å²) in [4.78, 5) is 28.4. The Balaban J connectivity index is 1.56. The maximum absolute atomic E-state index is 13.2. The number of ether oxygens (including phenoxy) is 3. The van der Waals surface area contributed by atoms with Crippen LogP contribution in [0, 0.1) is 0 Å². The van der Waals surface area contributed by atoms with E-state index in [1.165, 1.54) is 9.80 Å². The van der Waals surface area contributed by atoms with Crippen LogP contribution >= 0.6 is 0 Å². The molecule has 1 aromatic heterocycles. The Labute approximate surface area is 237 Å². The second-order valence-electron chi connectivity index (χ2n) is 10.8. The zero-order chi connectivity index (χ0) is 31.5. The number of nitrogens with zero attached hydrogens (tertiary/aromatic N) is 6. The van der Waals surface area contributed by atoms with Crippen molar-refractivity contribution in [2.24, 2.45) is 0 Å². The molecule has 2 aromatic rings. The maximum Gasteiger partial charge on any atom is 0.416 e. The molecule has 0 aliphatic carbocycles. The van der Waals surface area contributed by atoms with Crippen LogP contribution in [0.2, 0.25) is 0 Å². The minimum Gasteiger partial charge on any atom is -0.449 e. The number of tetrazole rings is 1. The molecular weight excluding hydrogens is 578 g/mol. The number of carbonyl (C=O) groups is 2. The number of carbonyl (C=O) groups excluding carboxylic acids is 2. The molecule has 0 atom stereocenters. The van der Waals surface area contributed by atoms with Gasteiger partial charge in [0.05, 0.1) is 35.5 Å². The highest BCUT2D eigenvalue weighted by Gasteiger charge is 2.37. The minimum absolute atomic E-state index is 0.0259. The van der Waals surface area contributed by atoms with E-state index in [1.54, 1.807) is 7.11 Å². The number of benzene rings is 1. The summed E-state index contributed by atoms with van der Waals surface area (Å²) < 4.78 is 95.7. The largest absolute Gasteiger partial charge is 0.449 e. The number of halogens is 6. The molecule has 0 unspecified atom stereocenters. The maximum atomic E-state index is 13.2. The molecule has 1 aliphatic rings. The van der Waals surface area contributed by atoms with E-state index < -0.39 is 58.2 Å². The summed E-state index contributed by atoms with van der Waals surface area (Å²) >= 11 is 0. The zero-order valence-corrected chi connectivity index (χ0v) is 23.7. The van der Waals surface area contributed by atoms with E-state index in [-0.39, 0.29) is 38.9 Å². The predicted molar refractivity (Wildman–Crippen MR) is 134 cm³/mol. The third kappa shape index (κ3) is 8.77. The second kappa shape index (κ2) is 12.4. The monoisotopic (exact) mass is 610 g/mol. The molecule has 1 aromatic carbocycles. The molecule has 1 fully saturated rings. The molecule has 1 saturated heterocycles. The van der Waals surface area contributed by atoms with Gasteiger partial charge in [-0.15, -0.1) is 10.2 Å². The molecule has 2 heterocycles. The molecule has 234 valence electrons. The smallest absolute Gasteiger partial charge is 0.416 e. The number of amides is 2. The van der Waals surface area contributed by atoms with E-state index >= 15 is 0 Å². The molecule has 0 N–H and O–H groups in total. The number of methoxy groups -OCH3 is 1. The van der Waals surface area contributed by atoms with Gasteiger partial charge in [0.25, 0.3) is 0 Å². The highest BCUT2D eigenvalue weighted by atomic mass is 19.4. The van der Waals surface area contributed by atoms with Crippen molar-refractivity contribution in [2.45, 2.75) is 57.7 Å². The average Bonchev–Trinajstić information content (AvgIpc) is 3.41. The van der Waals surface area contributed by atoms with Crippen molar-refractivity contribution in [3.05, 3.63) is 29.3 Å². The SMILES string of the molecule is COC(C)(C)COC(C)(C)CCOC(=O)N1CCN(C(=O)n2nnc(-c3cc(C(F)(F)F)cc(C(F)(F)F)c3)n2)CC1. The van der Waals surface area contributed by atoms with Gasteiger partial charge in [0.2, 0.25) is 5.82 Å². The first kappa shape index (κ1) is 33.0. The van der Waals surface area contributed by atoms with Crippen LogP contribution in [0.1, 0.15) is 45.2 Å². The highest BCUT2D eigenvalue weighted by molar-refractivity contribution is 5.76. The quantitative estimate of drug-likeness (QED) is 0.395. The lowest BCUT2D eigenvalue weighted by Gasteiger charge is -2.34. The Morgan fingerprint density at radius 2 is 1.40 bits per heavy atom. The standard InChI is InChI=1S/C25H32F6N6O5/c1-22(2,42-15-23(3,4)40-5)6-11-41-21(39)36-9-7-35(8-10-36)20(38)37-33-19(32-34-37)16-12-17(24(26,27)28)14-18(13-16)25(29,30)31/h12-14H,6-11,15H2,1-5H3. The molecule has 0 radical (unpaired) electrons. The fourth-order valence-electron chi connectivity index (χ4n) is 3.68. The Morgan fingerprint density at radius 1 is 0.857 bits per heavy atom. The second-order valence-corrected chi connectivity index (χ2v) is 10.8. The van der Waals surface area contributed by atoms with Crippen LogP contribution in [-0.4, -0.2) is 99.8 Å². The van der Waals surface area contributed by atoms with Gasteiger partial charge in [0.1, 0.15) is 0 Å². The van der Waals surface area contributed by atoms with Gasteiger partial charge in [0.15, 0.2) is 0 Å². The summed E-state index contributed by atoms with van der Waals surface area (Å²) in [7, 11) is 1.59. The van der Waals surface area contributed by atoms with E-state index in [4.69, 9.17) is 14.2 Å². The number of piperazine rings is 1. The van der Waals surface area contributed by atoms with Gasteiger partial charge in [-0.25, -0.2) is 9.59 Å². The van der Waals surface area contributed by atoms with Gasteiger partial charge in [-0.05, 0) is 51.1 Å². The lowest BCUT2D eigenvalue weighted by atomic mass is 10.0. The van der Waals surface area contributed by atoms with Crippen LogP contribution < -0.4 is 0 Å². The molecule has 17 heteroatoms. The summed E-state index contributed by atoms with van der Waals surface area (Å²) in [5.74, 6) is -0.597. The molecular formula is C25H32F6N6O5. The Kier molecular flexibility index (Phi) is 9.76. The van der Waals surface area contributed by atoms with Crippen LogP contribution in [0.5, 0.6) is 0 Å². The minimum atomic E-state index is -5.06. The van der Waals surface area contributed by atoms with Gasteiger partial charge < -0.3 is 24.0 Å². The molecule has 42 heavy (non-hydrogen) atoms. The van der Waals surface area contributed by atoms with E-state index in [0.29, 0.717) is 30.0 Å². The number of hydrogen-bond acceptors (Lipinski definition) is 8. The molecule has 0 saturated carbocycles. The molecule has 0 spiro atoms. The number of hydrogen-bond donors (Lipinski definition) is 0. The summed E-state index contributed by atoms with van der Waals surface area (Å²) in [5.41, 5.74) is -4.76. The van der Waals surface area contributed by atoms with Gasteiger partial charge >= 0.3 is 24.5 Å². The molecule has 11 nitrogen and oxygen atoms in total. The van der Waals surface area contributed by atoms with E-state index in [1.807, 2.05) is 27.7 Å². The lowest BCUT2D eigenvalue weighted by molar-refractivity contribution is -0.143.